The number of ether oxygens (including phenoxy) is 1. The minimum absolute atomic E-state index is 0.130. The molecule has 2 aromatic heterocycles. The van der Waals surface area contributed by atoms with E-state index in [0.29, 0.717) is 23.0 Å². The van der Waals surface area contributed by atoms with Crippen LogP contribution in [0.5, 0.6) is 5.75 Å². The number of carbonyl (C=O) groups excluding carboxylic acids is 2. The number of aromatic nitrogens is 3. The van der Waals surface area contributed by atoms with E-state index in [-0.39, 0.29) is 17.3 Å². The Morgan fingerprint density at radius 2 is 1.83 bits per heavy atom. The average molecular weight is 551 g/mol. The van der Waals surface area contributed by atoms with Crippen molar-refractivity contribution in [2.75, 3.05) is 17.3 Å². The second kappa shape index (κ2) is 9.49. The number of nitrogens with one attached hydrogen (secondary N) is 2. The van der Waals surface area contributed by atoms with E-state index in [9.17, 15) is 22.8 Å². The lowest BCUT2D eigenvalue weighted by atomic mass is 10.1. The topological polar surface area (TPSA) is 109 Å². The van der Waals surface area contributed by atoms with Gasteiger partial charge in [0, 0.05) is 11.5 Å². The van der Waals surface area contributed by atoms with Crippen molar-refractivity contribution in [3.8, 4) is 5.75 Å². The van der Waals surface area contributed by atoms with Gasteiger partial charge in [-0.3, -0.25) is 9.69 Å². The van der Waals surface area contributed by atoms with Crippen LogP contribution in [0, 0.1) is 0 Å². The summed E-state index contributed by atoms with van der Waals surface area (Å²) < 4.78 is 45.4. The van der Waals surface area contributed by atoms with E-state index in [1.165, 1.54) is 61.1 Å². The highest BCUT2D eigenvalue weighted by atomic mass is 79.9. The number of likely N-dealkylation sites (N-methyl/N-ethyl adjacent to an activating group) is 1. The summed E-state index contributed by atoms with van der Waals surface area (Å²) >= 11 is 3.05. The van der Waals surface area contributed by atoms with Crippen LogP contribution in [0.25, 0.3) is 0 Å². The Bertz CT molecular complexity index is 1240. The van der Waals surface area contributed by atoms with Gasteiger partial charge in [-0.1, -0.05) is 15.9 Å². The number of alkyl halides is 3. The quantitative estimate of drug-likeness (QED) is 0.458. The van der Waals surface area contributed by atoms with E-state index in [1.807, 2.05) is 0 Å². The lowest BCUT2D eigenvalue weighted by Gasteiger charge is -2.23. The first kappa shape index (κ1) is 24.4. The maximum atomic E-state index is 13.4. The lowest BCUT2D eigenvalue weighted by Crippen LogP contribution is -2.50. The Labute approximate surface area is 205 Å². The van der Waals surface area contributed by atoms with Gasteiger partial charge in [-0.15, -0.1) is 0 Å². The number of pyridine rings is 1. The maximum Gasteiger partial charge on any atom is 0.418 e. The highest BCUT2D eigenvalue weighted by Gasteiger charge is 2.53. The molecule has 0 saturated heterocycles. The Hall–Kier alpha value is -3.74. The molecular weight excluding hydrogens is 533 g/mol. The van der Waals surface area contributed by atoms with Crippen LogP contribution in [0.3, 0.4) is 0 Å². The van der Waals surface area contributed by atoms with Crippen molar-refractivity contribution in [1.29, 1.82) is 0 Å². The van der Waals surface area contributed by atoms with Crippen LogP contribution in [0.4, 0.5) is 35.2 Å². The molecule has 1 aliphatic carbocycles. The van der Waals surface area contributed by atoms with Gasteiger partial charge in [0.2, 0.25) is 0 Å². The minimum Gasteiger partial charge on any atom is -0.407 e. The highest BCUT2D eigenvalue weighted by molar-refractivity contribution is 9.10. The molecule has 35 heavy (non-hydrogen) atoms. The van der Waals surface area contributed by atoms with Gasteiger partial charge in [-0.2, -0.15) is 13.2 Å². The van der Waals surface area contributed by atoms with Crippen molar-refractivity contribution in [3.63, 3.8) is 0 Å². The highest BCUT2D eigenvalue weighted by Crippen LogP contribution is 2.39. The zero-order valence-corrected chi connectivity index (χ0v) is 19.7. The molecule has 9 nitrogen and oxygen atoms in total. The number of carbonyl (C=O) groups is 2. The Morgan fingerprint density at radius 3 is 2.43 bits per heavy atom. The first-order valence-corrected chi connectivity index (χ1v) is 11.0. The molecule has 0 spiro atoms. The maximum absolute atomic E-state index is 13.4. The number of hydrogen-bond acceptors (Lipinski definition) is 7. The smallest absolute Gasteiger partial charge is 0.407 e. The SMILES string of the molecule is CN(C(=O)C1(NC(=O)Oc2cncnc2)CC1)c1ccc(Nc2ccc(Br)cc2C(F)(F)F)cn1. The molecule has 0 radical (unpaired) electrons. The number of nitrogens with zero attached hydrogens (tertiary/aromatic N) is 4. The van der Waals surface area contributed by atoms with E-state index < -0.39 is 29.3 Å². The van der Waals surface area contributed by atoms with Crippen LogP contribution in [0.1, 0.15) is 18.4 Å². The van der Waals surface area contributed by atoms with E-state index in [4.69, 9.17) is 4.74 Å². The van der Waals surface area contributed by atoms with E-state index in [2.05, 4.69) is 41.5 Å². The third-order valence-electron chi connectivity index (χ3n) is 5.21. The van der Waals surface area contributed by atoms with Crippen LogP contribution >= 0.6 is 15.9 Å². The van der Waals surface area contributed by atoms with E-state index in [0.717, 1.165) is 6.07 Å². The van der Waals surface area contributed by atoms with E-state index in [1.54, 1.807) is 0 Å². The molecule has 13 heteroatoms. The number of hydrogen-bond donors (Lipinski definition) is 2. The van der Waals surface area contributed by atoms with Gasteiger partial charge in [-0.25, -0.2) is 19.7 Å². The summed E-state index contributed by atoms with van der Waals surface area (Å²) in [6.45, 7) is 0. The van der Waals surface area contributed by atoms with Gasteiger partial charge in [0.05, 0.1) is 35.5 Å². The molecule has 2 N–H and O–H groups in total. The second-order valence-corrected chi connectivity index (χ2v) is 8.67. The van der Waals surface area contributed by atoms with Crippen molar-refractivity contribution >= 4 is 45.1 Å². The molecule has 2 heterocycles. The predicted molar refractivity (Wildman–Crippen MR) is 123 cm³/mol. The minimum atomic E-state index is -4.55. The van der Waals surface area contributed by atoms with Crippen molar-refractivity contribution in [1.82, 2.24) is 20.3 Å². The van der Waals surface area contributed by atoms with Gasteiger partial charge in [-0.05, 0) is 43.2 Å². The molecule has 182 valence electrons. The number of halogens is 4. The Morgan fingerprint density at radius 1 is 1.11 bits per heavy atom. The molecule has 1 aliphatic rings. The van der Waals surface area contributed by atoms with Gasteiger partial charge in [0.15, 0.2) is 5.75 Å². The third kappa shape index (κ3) is 5.67. The normalized spacial score (nSPS) is 14.1. The summed E-state index contributed by atoms with van der Waals surface area (Å²) in [6.07, 6.45) is 0.691. The monoisotopic (exact) mass is 550 g/mol. The second-order valence-electron chi connectivity index (χ2n) is 7.75. The van der Waals surface area contributed by atoms with Crippen molar-refractivity contribution in [2.45, 2.75) is 24.6 Å². The van der Waals surface area contributed by atoms with Gasteiger partial charge < -0.3 is 15.4 Å². The first-order valence-electron chi connectivity index (χ1n) is 10.2. The average Bonchev–Trinajstić information content (AvgIpc) is 3.60. The molecule has 4 rings (SSSR count). The third-order valence-corrected chi connectivity index (χ3v) is 5.70. The number of amides is 2. The van der Waals surface area contributed by atoms with Crippen LogP contribution in [-0.2, 0) is 11.0 Å². The molecule has 2 amide bonds. The largest absolute Gasteiger partial charge is 0.418 e. The van der Waals surface area contributed by atoms with Crippen LogP contribution in [0.2, 0.25) is 0 Å². The molecule has 0 unspecified atom stereocenters. The molecule has 1 saturated carbocycles. The molecule has 1 fully saturated rings. The van der Waals surface area contributed by atoms with Gasteiger partial charge >= 0.3 is 12.3 Å². The molecule has 0 bridgehead atoms. The van der Waals surface area contributed by atoms with Gasteiger partial charge in [0.25, 0.3) is 5.91 Å². The number of benzene rings is 1. The molecule has 0 atom stereocenters. The predicted octanol–water partition coefficient (Wildman–Crippen LogP) is 4.68. The first-order chi connectivity index (χ1) is 16.6. The summed E-state index contributed by atoms with van der Waals surface area (Å²) in [5.41, 5.74) is -1.79. The fourth-order valence-electron chi connectivity index (χ4n) is 3.28. The summed E-state index contributed by atoms with van der Waals surface area (Å²) in [5, 5.41) is 5.28. The zero-order valence-electron chi connectivity index (χ0n) is 18.1. The summed E-state index contributed by atoms with van der Waals surface area (Å²) in [6, 6.07) is 6.77. The molecule has 0 aliphatic heterocycles. The zero-order chi connectivity index (χ0) is 25.2. The van der Waals surface area contributed by atoms with Crippen molar-refractivity contribution < 1.29 is 27.5 Å². The Kier molecular flexibility index (Phi) is 6.61. The fourth-order valence-corrected chi connectivity index (χ4v) is 3.64. The van der Waals surface area contributed by atoms with Gasteiger partial charge in [0.1, 0.15) is 17.7 Å². The fraction of sp³-hybridized carbons (Fsp3) is 0.227. The van der Waals surface area contributed by atoms with Crippen molar-refractivity contribution in [3.05, 3.63) is 65.3 Å². The summed E-state index contributed by atoms with van der Waals surface area (Å²) in [7, 11) is 1.49. The lowest BCUT2D eigenvalue weighted by molar-refractivity contribution is -0.137. The molecule has 1 aromatic carbocycles. The molecular formula is C22H18BrF3N6O3. The summed E-state index contributed by atoms with van der Waals surface area (Å²) in [4.78, 5) is 38.2. The van der Waals surface area contributed by atoms with Crippen LogP contribution in [0.15, 0.2) is 59.7 Å². The number of rotatable bonds is 6. The standard InChI is InChI=1S/C22H18BrF3N6O3/c1-32(19(33)21(6-7-21)31-20(34)35-15-10-27-12-28-11-15)18-5-3-14(9-29-18)30-17-4-2-13(23)8-16(17)22(24,25)26/h2-5,8-12,30H,6-7H2,1H3,(H,31,34). The summed E-state index contributed by atoms with van der Waals surface area (Å²) in [5.74, 6) is -0.0182. The van der Waals surface area contributed by atoms with Crippen LogP contribution < -0.4 is 20.3 Å². The number of anilines is 3. The van der Waals surface area contributed by atoms with Crippen LogP contribution in [-0.4, -0.2) is 39.5 Å². The Balaban J connectivity index is 1.42. The van der Waals surface area contributed by atoms with Crippen molar-refractivity contribution in [2.24, 2.45) is 0 Å². The molecule has 3 aromatic rings. The van der Waals surface area contributed by atoms with E-state index >= 15 is 0 Å².